The monoisotopic (exact) mass is 226 g/mol. The quantitative estimate of drug-likeness (QED) is 0.592. The van der Waals surface area contributed by atoms with E-state index in [1.54, 1.807) is 14.0 Å². The summed E-state index contributed by atoms with van der Waals surface area (Å²) in [6, 6.07) is 11.9. The highest BCUT2D eigenvalue weighted by molar-refractivity contribution is 5.97. The third kappa shape index (κ3) is 2.21. The third-order valence-corrected chi connectivity index (χ3v) is 2.71. The van der Waals surface area contributed by atoms with Crippen LogP contribution in [0.5, 0.6) is 5.75 Å². The molecular formula is C15H14O2. The molecule has 0 heterocycles. The van der Waals surface area contributed by atoms with E-state index in [0.29, 0.717) is 5.57 Å². The molecule has 0 amide bonds. The number of ether oxygens (including phenoxy) is 1. The van der Waals surface area contributed by atoms with Crippen molar-refractivity contribution >= 4 is 23.1 Å². The molecule has 0 bridgehead atoms. The van der Waals surface area contributed by atoms with Gasteiger partial charge >= 0.3 is 0 Å². The second kappa shape index (κ2) is 4.83. The predicted molar refractivity (Wildman–Crippen MR) is 70.2 cm³/mol. The Labute approximate surface area is 101 Å². The molecule has 0 atom stereocenters. The first-order valence-electron chi connectivity index (χ1n) is 5.45. The van der Waals surface area contributed by atoms with Gasteiger partial charge in [0.15, 0.2) is 0 Å². The fourth-order valence-corrected chi connectivity index (χ4v) is 1.88. The van der Waals surface area contributed by atoms with E-state index in [9.17, 15) is 4.79 Å². The van der Waals surface area contributed by atoms with E-state index in [-0.39, 0.29) is 0 Å². The molecule has 0 N–H and O–H groups in total. The lowest BCUT2D eigenvalue weighted by Gasteiger charge is -2.08. The summed E-state index contributed by atoms with van der Waals surface area (Å²) in [5.74, 6) is 0.849. The van der Waals surface area contributed by atoms with Crippen molar-refractivity contribution in [2.75, 3.05) is 7.11 Å². The maximum Gasteiger partial charge on any atom is 0.145 e. The molecule has 0 aromatic heterocycles. The average Bonchev–Trinajstić information content (AvgIpc) is 2.39. The van der Waals surface area contributed by atoms with E-state index in [1.807, 2.05) is 42.5 Å². The molecular weight excluding hydrogens is 212 g/mol. The Morgan fingerprint density at radius 3 is 2.47 bits per heavy atom. The van der Waals surface area contributed by atoms with Crippen molar-refractivity contribution in [3.63, 3.8) is 0 Å². The zero-order valence-corrected chi connectivity index (χ0v) is 9.94. The van der Waals surface area contributed by atoms with Crippen LogP contribution in [0.4, 0.5) is 0 Å². The Bertz CT molecular complexity index is 582. The smallest absolute Gasteiger partial charge is 0.145 e. The number of methoxy groups -OCH3 is 1. The second-order valence-electron chi connectivity index (χ2n) is 3.91. The Morgan fingerprint density at radius 1 is 1.12 bits per heavy atom. The Balaban J connectivity index is 2.71. The minimum atomic E-state index is 0.709. The van der Waals surface area contributed by atoms with Gasteiger partial charge in [-0.05, 0) is 35.6 Å². The summed E-state index contributed by atoms with van der Waals surface area (Å²) in [6.45, 7) is 1.80. The van der Waals surface area contributed by atoms with Gasteiger partial charge in [-0.2, -0.15) is 0 Å². The van der Waals surface area contributed by atoms with Crippen LogP contribution in [0.1, 0.15) is 12.5 Å². The lowest BCUT2D eigenvalue weighted by atomic mass is 10.0. The topological polar surface area (TPSA) is 26.3 Å². The predicted octanol–water partition coefficient (Wildman–Crippen LogP) is 3.45. The molecule has 17 heavy (non-hydrogen) atoms. The Kier molecular flexibility index (Phi) is 3.24. The fourth-order valence-electron chi connectivity index (χ4n) is 1.88. The lowest BCUT2D eigenvalue weighted by Crippen LogP contribution is -1.87. The molecule has 0 fully saturated rings. The average molecular weight is 226 g/mol. The van der Waals surface area contributed by atoms with Crippen molar-refractivity contribution in [2.24, 2.45) is 0 Å². The molecule has 0 spiro atoms. The van der Waals surface area contributed by atoms with E-state index in [2.05, 4.69) is 0 Å². The van der Waals surface area contributed by atoms with Crippen molar-refractivity contribution in [2.45, 2.75) is 6.92 Å². The summed E-state index contributed by atoms with van der Waals surface area (Å²) in [6.07, 6.45) is 2.74. The van der Waals surface area contributed by atoms with Gasteiger partial charge in [0.2, 0.25) is 0 Å². The van der Waals surface area contributed by atoms with Crippen LogP contribution in [0.2, 0.25) is 0 Å². The number of benzene rings is 2. The van der Waals surface area contributed by atoms with Crippen molar-refractivity contribution in [3.8, 4) is 5.75 Å². The van der Waals surface area contributed by atoms with Gasteiger partial charge in [-0.1, -0.05) is 30.3 Å². The SMILES string of the molecule is COc1ccc(/C=C(\C)C=O)c2ccccc12. The Hall–Kier alpha value is -2.09. The summed E-state index contributed by atoms with van der Waals surface area (Å²) < 4.78 is 5.32. The molecule has 0 aliphatic rings. The molecule has 0 aliphatic carbocycles. The van der Waals surface area contributed by atoms with Crippen LogP contribution in [0.25, 0.3) is 16.8 Å². The van der Waals surface area contributed by atoms with Crippen LogP contribution in [-0.4, -0.2) is 13.4 Å². The molecule has 0 aliphatic heterocycles. The zero-order chi connectivity index (χ0) is 12.3. The molecule has 0 saturated carbocycles. The van der Waals surface area contributed by atoms with Gasteiger partial charge in [-0.25, -0.2) is 0 Å². The summed E-state index contributed by atoms with van der Waals surface area (Å²) in [4.78, 5) is 10.7. The minimum absolute atomic E-state index is 0.709. The zero-order valence-electron chi connectivity index (χ0n) is 9.94. The first-order chi connectivity index (χ1) is 8.26. The number of rotatable bonds is 3. The first kappa shape index (κ1) is 11.4. The van der Waals surface area contributed by atoms with Crippen LogP contribution in [-0.2, 0) is 4.79 Å². The van der Waals surface area contributed by atoms with Crippen LogP contribution in [0, 0.1) is 0 Å². The van der Waals surface area contributed by atoms with Gasteiger partial charge in [-0.3, -0.25) is 4.79 Å². The van der Waals surface area contributed by atoms with Gasteiger partial charge in [0.1, 0.15) is 12.0 Å². The maximum absolute atomic E-state index is 10.7. The third-order valence-electron chi connectivity index (χ3n) is 2.71. The van der Waals surface area contributed by atoms with Crippen LogP contribution >= 0.6 is 0 Å². The van der Waals surface area contributed by atoms with Crippen molar-refractivity contribution in [1.29, 1.82) is 0 Å². The van der Waals surface area contributed by atoms with Gasteiger partial charge in [0.25, 0.3) is 0 Å². The molecule has 86 valence electrons. The summed E-state index contributed by atoms with van der Waals surface area (Å²) in [7, 11) is 1.66. The van der Waals surface area contributed by atoms with Crippen LogP contribution in [0.3, 0.4) is 0 Å². The lowest BCUT2D eigenvalue weighted by molar-refractivity contribution is -0.104. The summed E-state index contributed by atoms with van der Waals surface area (Å²) in [5, 5.41) is 2.15. The van der Waals surface area contributed by atoms with Gasteiger partial charge < -0.3 is 4.74 Å². The van der Waals surface area contributed by atoms with E-state index < -0.39 is 0 Å². The van der Waals surface area contributed by atoms with Crippen molar-refractivity contribution in [3.05, 3.63) is 47.5 Å². The van der Waals surface area contributed by atoms with E-state index in [1.165, 1.54) is 0 Å². The number of hydrogen-bond acceptors (Lipinski definition) is 2. The van der Waals surface area contributed by atoms with Crippen molar-refractivity contribution in [1.82, 2.24) is 0 Å². The van der Waals surface area contributed by atoms with Gasteiger partial charge in [-0.15, -0.1) is 0 Å². The normalized spacial score (nSPS) is 11.5. The molecule has 2 nitrogen and oxygen atoms in total. The van der Waals surface area contributed by atoms with Gasteiger partial charge in [0, 0.05) is 5.39 Å². The Morgan fingerprint density at radius 2 is 1.82 bits per heavy atom. The molecule has 0 saturated heterocycles. The van der Waals surface area contributed by atoms with Crippen LogP contribution < -0.4 is 4.74 Å². The minimum Gasteiger partial charge on any atom is -0.496 e. The molecule has 2 rings (SSSR count). The summed E-state index contributed by atoms with van der Waals surface area (Å²) >= 11 is 0. The molecule has 0 unspecified atom stereocenters. The number of hydrogen-bond donors (Lipinski definition) is 0. The van der Waals surface area contributed by atoms with Gasteiger partial charge in [0.05, 0.1) is 7.11 Å². The van der Waals surface area contributed by atoms with Crippen LogP contribution in [0.15, 0.2) is 42.0 Å². The fraction of sp³-hybridized carbons (Fsp3) is 0.133. The van der Waals surface area contributed by atoms with E-state index in [4.69, 9.17) is 4.74 Å². The highest BCUT2D eigenvalue weighted by Crippen LogP contribution is 2.29. The molecule has 2 heteroatoms. The largest absolute Gasteiger partial charge is 0.496 e. The van der Waals surface area contributed by atoms with Crippen molar-refractivity contribution < 1.29 is 9.53 Å². The number of aldehydes is 1. The number of carbonyl (C=O) groups excluding carboxylic acids is 1. The number of fused-ring (bicyclic) bond motifs is 1. The first-order valence-corrected chi connectivity index (χ1v) is 5.45. The highest BCUT2D eigenvalue weighted by Gasteiger charge is 2.04. The molecule has 0 radical (unpaired) electrons. The number of carbonyl (C=O) groups is 1. The van der Waals surface area contributed by atoms with E-state index in [0.717, 1.165) is 28.4 Å². The maximum atomic E-state index is 10.7. The second-order valence-corrected chi connectivity index (χ2v) is 3.91. The molecule has 2 aromatic rings. The number of allylic oxidation sites excluding steroid dienone is 1. The van der Waals surface area contributed by atoms with E-state index >= 15 is 0 Å². The summed E-state index contributed by atoms with van der Waals surface area (Å²) in [5.41, 5.74) is 1.74. The highest BCUT2D eigenvalue weighted by atomic mass is 16.5. The standard InChI is InChI=1S/C15H14O2/c1-11(10-16)9-12-7-8-15(17-2)14-6-4-3-5-13(12)14/h3-10H,1-2H3/b11-9+. The molecule has 2 aromatic carbocycles.